The molecule has 0 aliphatic carbocycles. The van der Waals surface area contributed by atoms with Crippen LogP contribution in [-0.4, -0.2) is 61.3 Å². The Bertz CT molecular complexity index is 664. The lowest BCUT2D eigenvalue weighted by Gasteiger charge is -2.16. The van der Waals surface area contributed by atoms with E-state index in [0.717, 1.165) is 0 Å². The monoisotopic (exact) mass is 624 g/mol. The van der Waals surface area contributed by atoms with Gasteiger partial charge in [0, 0.05) is 17.9 Å². The Kier molecular flexibility index (Phi) is 10.8. The van der Waals surface area contributed by atoms with Crippen LogP contribution >= 0.6 is 63.7 Å². The van der Waals surface area contributed by atoms with Crippen LogP contribution < -0.4 is 0 Å². The normalized spacial score (nSPS) is 12.0. The average molecular weight is 628 g/mol. The molecule has 0 amide bonds. The molecule has 0 bridgehead atoms. The van der Waals surface area contributed by atoms with E-state index in [1.807, 2.05) is 0 Å². The number of aliphatic hydroxyl groups excluding tert-OH is 2. The van der Waals surface area contributed by atoms with Crippen molar-refractivity contribution in [3.63, 3.8) is 0 Å². The van der Waals surface area contributed by atoms with E-state index in [2.05, 4.69) is 63.7 Å². The molecule has 0 saturated heterocycles. The molecule has 0 aliphatic rings. The number of carbonyl (C=O) groups excluding carboxylic acids is 2. The standard InChI is InChI=1S/C15H16Br4O7/c1-7(21)6-26-15(23)9-8(10(16)12(18)13(19)11(9)17)14(22)25-5-4-24-3-2-20/h7,20-21H,2-6H2,1H3/t7-/m0/s1. The van der Waals surface area contributed by atoms with Crippen LogP contribution in [0.3, 0.4) is 0 Å². The van der Waals surface area contributed by atoms with Crippen molar-refractivity contribution in [1.29, 1.82) is 0 Å². The van der Waals surface area contributed by atoms with Crippen molar-refractivity contribution in [2.75, 3.05) is 33.0 Å². The molecule has 0 aliphatic heterocycles. The maximum atomic E-state index is 12.5. The summed E-state index contributed by atoms with van der Waals surface area (Å²) in [5.74, 6) is -1.56. The van der Waals surface area contributed by atoms with Crippen molar-refractivity contribution >= 4 is 75.7 Å². The lowest BCUT2D eigenvalue weighted by atomic mass is 10.1. The zero-order chi connectivity index (χ0) is 19.9. The number of aliphatic hydroxyl groups is 2. The highest BCUT2D eigenvalue weighted by molar-refractivity contribution is 9.15. The van der Waals surface area contributed by atoms with Crippen molar-refractivity contribution in [3.8, 4) is 0 Å². The van der Waals surface area contributed by atoms with Crippen LogP contribution in [0.1, 0.15) is 27.6 Å². The van der Waals surface area contributed by atoms with Crippen LogP contribution in [0.4, 0.5) is 0 Å². The topological polar surface area (TPSA) is 102 Å². The van der Waals surface area contributed by atoms with Crippen LogP contribution in [0, 0.1) is 0 Å². The van der Waals surface area contributed by atoms with Gasteiger partial charge in [0.15, 0.2) is 0 Å². The van der Waals surface area contributed by atoms with Gasteiger partial charge in [-0.15, -0.1) is 0 Å². The van der Waals surface area contributed by atoms with E-state index in [0.29, 0.717) is 17.9 Å². The molecule has 0 saturated carbocycles. The number of esters is 2. The summed E-state index contributed by atoms with van der Waals surface area (Å²) in [5, 5.41) is 17.9. The summed E-state index contributed by atoms with van der Waals surface area (Å²) >= 11 is 13.2. The van der Waals surface area contributed by atoms with Gasteiger partial charge in [-0.2, -0.15) is 0 Å². The summed E-state index contributed by atoms with van der Waals surface area (Å²) in [6.07, 6.45) is -0.848. The van der Waals surface area contributed by atoms with Gasteiger partial charge in [0.05, 0.1) is 37.1 Å². The predicted octanol–water partition coefficient (Wildman–Crippen LogP) is 3.44. The molecule has 0 radical (unpaired) electrons. The Morgan fingerprint density at radius 1 is 0.885 bits per heavy atom. The smallest absolute Gasteiger partial charge is 0.340 e. The van der Waals surface area contributed by atoms with Gasteiger partial charge in [-0.1, -0.05) is 0 Å². The number of ether oxygens (including phenoxy) is 3. The Balaban J connectivity index is 3.15. The summed E-state index contributed by atoms with van der Waals surface area (Å²) in [6, 6.07) is 0. The average Bonchev–Trinajstić information content (AvgIpc) is 2.60. The first-order chi connectivity index (χ1) is 12.2. The van der Waals surface area contributed by atoms with Crippen molar-refractivity contribution in [3.05, 3.63) is 29.0 Å². The van der Waals surface area contributed by atoms with E-state index in [4.69, 9.17) is 19.3 Å². The van der Waals surface area contributed by atoms with Gasteiger partial charge in [0.2, 0.25) is 0 Å². The molecule has 146 valence electrons. The number of hydrogen-bond donors (Lipinski definition) is 2. The minimum absolute atomic E-state index is 0.0373. The van der Waals surface area contributed by atoms with Crippen LogP contribution in [0.2, 0.25) is 0 Å². The molecule has 1 aromatic carbocycles. The van der Waals surface area contributed by atoms with Gasteiger partial charge < -0.3 is 24.4 Å². The van der Waals surface area contributed by atoms with Gasteiger partial charge in [-0.3, -0.25) is 0 Å². The third-order valence-corrected chi connectivity index (χ3v) is 7.60. The molecule has 0 spiro atoms. The van der Waals surface area contributed by atoms with Crippen molar-refractivity contribution in [2.45, 2.75) is 13.0 Å². The van der Waals surface area contributed by atoms with E-state index >= 15 is 0 Å². The molecule has 1 atom stereocenters. The maximum absolute atomic E-state index is 12.5. The largest absolute Gasteiger partial charge is 0.460 e. The molecule has 11 heteroatoms. The number of hydrogen-bond acceptors (Lipinski definition) is 7. The number of rotatable bonds is 9. The molecular weight excluding hydrogens is 612 g/mol. The van der Waals surface area contributed by atoms with Crippen LogP contribution in [-0.2, 0) is 14.2 Å². The Hall–Kier alpha value is -0.0400. The van der Waals surface area contributed by atoms with Gasteiger partial charge in [-0.05, 0) is 70.6 Å². The molecule has 0 heterocycles. The highest BCUT2D eigenvalue weighted by Crippen LogP contribution is 2.42. The zero-order valence-electron chi connectivity index (χ0n) is 13.6. The maximum Gasteiger partial charge on any atom is 0.340 e. The second kappa shape index (κ2) is 11.7. The lowest BCUT2D eigenvalue weighted by Crippen LogP contribution is -2.21. The number of carbonyl (C=O) groups is 2. The van der Waals surface area contributed by atoms with Crippen molar-refractivity contribution in [1.82, 2.24) is 0 Å². The van der Waals surface area contributed by atoms with E-state index in [-0.39, 0.29) is 44.2 Å². The molecule has 1 rings (SSSR count). The Morgan fingerprint density at radius 3 is 1.85 bits per heavy atom. The summed E-state index contributed by atoms with van der Waals surface area (Å²) in [4.78, 5) is 25.0. The molecule has 7 nitrogen and oxygen atoms in total. The fraction of sp³-hybridized carbons (Fsp3) is 0.467. The number of halogens is 4. The summed E-state index contributed by atoms with van der Waals surface area (Å²) in [5.41, 5.74) is -0.0847. The quantitative estimate of drug-likeness (QED) is 0.187. The van der Waals surface area contributed by atoms with Crippen LogP contribution in [0.25, 0.3) is 0 Å². The van der Waals surface area contributed by atoms with E-state index < -0.39 is 18.0 Å². The first-order valence-corrected chi connectivity index (χ1v) is 10.5. The number of benzene rings is 1. The second-order valence-corrected chi connectivity index (χ2v) is 8.10. The highest BCUT2D eigenvalue weighted by atomic mass is 79.9. The molecule has 2 N–H and O–H groups in total. The first kappa shape index (κ1) is 24.0. The highest BCUT2D eigenvalue weighted by Gasteiger charge is 2.30. The third-order valence-electron chi connectivity index (χ3n) is 2.83. The fourth-order valence-corrected chi connectivity index (χ4v) is 4.16. The minimum Gasteiger partial charge on any atom is -0.460 e. The lowest BCUT2D eigenvalue weighted by molar-refractivity contribution is 0.0235. The molecule has 1 aromatic rings. The van der Waals surface area contributed by atoms with Crippen LogP contribution in [0.5, 0.6) is 0 Å². The second-order valence-electron chi connectivity index (χ2n) is 4.93. The van der Waals surface area contributed by atoms with Gasteiger partial charge >= 0.3 is 11.9 Å². The molecule has 0 unspecified atom stereocenters. The molecule has 0 aromatic heterocycles. The SMILES string of the molecule is C[C@H](O)COC(=O)c1c(Br)c(Br)c(Br)c(Br)c1C(=O)OCCOCCO. The summed E-state index contributed by atoms with van der Waals surface area (Å²) in [6.45, 7) is 1.29. The van der Waals surface area contributed by atoms with Gasteiger partial charge in [-0.25, -0.2) is 9.59 Å². The predicted molar refractivity (Wildman–Crippen MR) is 107 cm³/mol. The molecular formula is C15H16Br4O7. The van der Waals surface area contributed by atoms with Crippen LogP contribution in [0.15, 0.2) is 17.9 Å². The minimum atomic E-state index is -0.848. The Morgan fingerprint density at radius 2 is 1.38 bits per heavy atom. The van der Waals surface area contributed by atoms with Crippen molar-refractivity contribution < 1.29 is 34.0 Å². The fourth-order valence-electron chi connectivity index (χ4n) is 1.72. The zero-order valence-corrected chi connectivity index (χ0v) is 19.9. The third kappa shape index (κ3) is 6.54. The summed E-state index contributed by atoms with van der Waals surface area (Å²) < 4.78 is 16.8. The van der Waals surface area contributed by atoms with Gasteiger partial charge in [0.1, 0.15) is 13.2 Å². The first-order valence-electron chi connectivity index (χ1n) is 7.29. The Labute approximate surface area is 183 Å². The van der Waals surface area contributed by atoms with E-state index in [1.165, 1.54) is 6.92 Å². The van der Waals surface area contributed by atoms with E-state index in [1.54, 1.807) is 0 Å². The van der Waals surface area contributed by atoms with Gasteiger partial charge in [0.25, 0.3) is 0 Å². The molecule has 0 fully saturated rings. The van der Waals surface area contributed by atoms with E-state index in [9.17, 15) is 14.7 Å². The van der Waals surface area contributed by atoms with Crippen molar-refractivity contribution in [2.24, 2.45) is 0 Å². The summed E-state index contributed by atoms with van der Waals surface area (Å²) in [7, 11) is 0. The molecule has 26 heavy (non-hydrogen) atoms.